The first-order valence-electron chi connectivity index (χ1n) is 5.14. The Balaban J connectivity index is 2.54. The van der Waals surface area contributed by atoms with E-state index in [0.717, 1.165) is 0 Å². The first-order chi connectivity index (χ1) is 8.42. The second-order valence-corrected chi connectivity index (χ2v) is 3.29. The van der Waals surface area contributed by atoms with E-state index in [2.05, 4.69) is 10.2 Å². The van der Waals surface area contributed by atoms with Crippen LogP contribution in [0.2, 0.25) is 0 Å². The Kier molecular flexibility index (Phi) is 4.96. The number of halogens is 3. The molecular formula is C11H12F3NO3. The molecule has 1 N–H and O–H groups in total. The van der Waals surface area contributed by atoms with Crippen LogP contribution in [0.5, 0.6) is 5.75 Å². The summed E-state index contributed by atoms with van der Waals surface area (Å²) in [5.41, 5.74) is 2.43. The number of hydrogen-bond donors (Lipinski definition) is 1. The number of carbonyl (C=O) groups excluding carboxylic acids is 1. The Morgan fingerprint density at radius 1 is 1.28 bits per heavy atom. The van der Waals surface area contributed by atoms with Gasteiger partial charge in [-0.2, -0.15) is 13.2 Å². The maximum absolute atomic E-state index is 11.9. The van der Waals surface area contributed by atoms with Crippen LogP contribution in [-0.4, -0.2) is 25.3 Å². The molecule has 7 heteroatoms. The zero-order valence-electron chi connectivity index (χ0n) is 9.58. The van der Waals surface area contributed by atoms with Gasteiger partial charge in [-0.25, -0.2) is 5.48 Å². The molecule has 0 atom stereocenters. The largest absolute Gasteiger partial charge is 0.484 e. The molecule has 1 aromatic rings. The van der Waals surface area contributed by atoms with E-state index in [0.29, 0.717) is 6.61 Å². The highest BCUT2D eigenvalue weighted by molar-refractivity contribution is 5.93. The third kappa shape index (κ3) is 5.05. The number of hydrogen-bond acceptors (Lipinski definition) is 3. The van der Waals surface area contributed by atoms with E-state index in [1.165, 1.54) is 24.3 Å². The van der Waals surface area contributed by atoms with Crippen molar-refractivity contribution in [3.63, 3.8) is 0 Å². The van der Waals surface area contributed by atoms with Gasteiger partial charge < -0.3 is 4.74 Å². The van der Waals surface area contributed by atoms with Gasteiger partial charge in [-0.3, -0.25) is 9.63 Å². The Labute approximate surface area is 102 Å². The highest BCUT2D eigenvalue weighted by Gasteiger charge is 2.28. The molecule has 0 aliphatic rings. The molecule has 0 heterocycles. The smallest absolute Gasteiger partial charge is 0.422 e. The molecule has 4 nitrogen and oxygen atoms in total. The Bertz CT molecular complexity index is 390. The molecule has 0 fully saturated rings. The van der Waals surface area contributed by atoms with Crippen molar-refractivity contribution in [3.05, 3.63) is 29.8 Å². The van der Waals surface area contributed by atoms with Crippen LogP contribution in [0.15, 0.2) is 24.3 Å². The van der Waals surface area contributed by atoms with E-state index in [4.69, 9.17) is 4.84 Å². The predicted molar refractivity (Wildman–Crippen MR) is 57.1 cm³/mol. The fourth-order valence-corrected chi connectivity index (χ4v) is 1.06. The summed E-state index contributed by atoms with van der Waals surface area (Å²) in [7, 11) is 0. The van der Waals surface area contributed by atoms with Crippen molar-refractivity contribution in [2.75, 3.05) is 13.2 Å². The Morgan fingerprint density at radius 2 is 1.89 bits per heavy atom. The van der Waals surface area contributed by atoms with Gasteiger partial charge >= 0.3 is 6.18 Å². The summed E-state index contributed by atoms with van der Waals surface area (Å²) in [6.07, 6.45) is -4.38. The first kappa shape index (κ1) is 14.3. The van der Waals surface area contributed by atoms with Crippen molar-refractivity contribution in [2.24, 2.45) is 0 Å². The monoisotopic (exact) mass is 263 g/mol. The summed E-state index contributed by atoms with van der Waals surface area (Å²) in [6, 6.07) is 5.26. The highest BCUT2D eigenvalue weighted by atomic mass is 19.4. The van der Waals surface area contributed by atoms with E-state index in [-0.39, 0.29) is 11.3 Å². The fraction of sp³-hybridized carbons (Fsp3) is 0.364. The van der Waals surface area contributed by atoms with E-state index in [9.17, 15) is 18.0 Å². The van der Waals surface area contributed by atoms with Crippen molar-refractivity contribution >= 4 is 5.91 Å². The molecule has 1 rings (SSSR count). The molecule has 1 aromatic carbocycles. The van der Waals surface area contributed by atoms with Gasteiger partial charge in [0, 0.05) is 5.56 Å². The van der Waals surface area contributed by atoms with Crippen molar-refractivity contribution in [1.29, 1.82) is 0 Å². The quantitative estimate of drug-likeness (QED) is 0.829. The lowest BCUT2D eigenvalue weighted by molar-refractivity contribution is -0.153. The van der Waals surface area contributed by atoms with Crippen LogP contribution in [0.4, 0.5) is 13.2 Å². The van der Waals surface area contributed by atoms with Crippen LogP contribution >= 0.6 is 0 Å². The number of nitrogens with one attached hydrogen (secondary N) is 1. The molecule has 0 radical (unpaired) electrons. The van der Waals surface area contributed by atoms with Gasteiger partial charge in [-0.05, 0) is 31.2 Å². The third-order valence-electron chi connectivity index (χ3n) is 1.83. The van der Waals surface area contributed by atoms with Gasteiger partial charge in [0.05, 0.1) is 6.61 Å². The summed E-state index contributed by atoms with van der Waals surface area (Å²) >= 11 is 0. The van der Waals surface area contributed by atoms with Crippen molar-refractivity contribution in [3.8, 4) is 5.75 Å². The molecular weight excluding hydrogens is 251 g/mol. The molecule has 0 aliphatic heterocycles. The SMILES string of the molecule is CCONC(=O)c1ccc(OCC(F)(F)F)cc1. The standard InChI is InChI=1S/C11H12F3NO3/c1-2-18-15-10(16)8-3-5-9(6-4-8)17-7-11(12,13)14/h3-6H,2,7H2,1H3,(H,15,16). The van der Waals surface area contributed by atoms with Gasteiger partial charge in [-0.1, -0.05) is 0 Å². The number of benzene rings is 1. The number of alkyl halides is 3. The number of rotatable bonds is 5. The molecule has 0 bridgehead atoms. The summed E-state index contributed by atoms with van der Waals surface area (Å²) in [6.45, 7) is 0.657. The van der Waals surface area contributed by atoms with Crippen molar-refractivity contribution in [1.82, 2.24) is 5.48 Å². The second kappa shape index (κ2) is 6.25. The van der Waals surface area contributed by atoms with E-state index in [1.807, 2.05) is 0 Å². The minimum atomic E-state index is -4.38. The van der Waals surface area contributed by atoms with E-state index in [1.54, 1.807) is 6.92 Å². The van der Waals surface area contributed by atoms with Gasteiger partial charge in [0.2, 0.25) is 0 Å². The van der Waals surface area contributed by atoms with Gasteiger partial charge in [0.25, 0.3) is 5.91 Å². The van der Waals surface area contributed by atoms with Crippen LogP contribution < -0.4 is 10.2 Å². The fourth-order valence-electron chi connectivity index (χ4n) is 1.06. The molecule has 0 saturated carbocycles. The molecule has 100 valence electrons. The molecule has 0 saturated heterocycles. The minimum Gasteiger partial charge on any atom is -0.484 e. The topological polar surface area (TPSA) is 47.6 Å². The third-order valence-corrected chi connectivity index (χ3v) is 1.83. The summed E-state index contributed by atoms with van der Waals surface area (Å²) < 4.78 is 40.1. The maximum atomic E-state index is 11.9. The van der Waals surface area contributed by atoms with Crippen LogP contribution in [0.25, 0.3) is 0 Å². The summed E-state index contributed by atoms with van der Waals surface area (Å²) in [4.78, 5) is 16.1. The zero-order chi connectivity index (χ0) is 13.6. The molecule has 18 heavy (non-hydrogen) atoms. The van der Waals surface area contributed by atoms with Crippen molar-refractivity contribution < 1.29 is 27.5 Å². The zero-order valence-corrected chi connectivity index (χ0v) is 9.58. The molecule has 0 unspecified atom stereocenters. The number of amides is 1. The number of hydroxylamine groups is 1. The lowest BCUT2D eigenvalue weighted by atomic mass is 10.2. The van der Waals surface area contributed by atoms with Gasteiger partial charge in [-0.15, -0.1) is 0 Å². The normalized spacial score (nSPS) is 11.1. The molecule has 1 amide bonds. The lowest BCUT2D eigenvalue weighted by Gasteiger charge is -2.09. The summed E-state index contributed by atoms with van der Waals surface area (Å²) in [5.74, 6) is -0.431. The first-order valence-corrected chi connectivity index (χ1v) is 5.14. The van der Waals surface area contributed by atoms with Crippen LogP contribution in [0, 0.1) is 0 Å². The minimum absolute atomic E-state index is 0.0419. The maximum Gasteiger partial charge on any atom is 0.422 e. The predicted octanol–water partition coefficient (Wildman–Crippen LogP) is 2.31. The van der Waals surface area contributed by atoms with Crippen molar-refractivity contribution in [2.45, 2.75) is 13.1 Å². The highest BCUT2D eigenvalue weighted by Crippen LogP contribution is 2.18. The number of carbonyl (C=O) groups is 1. The molecule has 0 aromatic heterocycles. The van der Waals surface area contributed by atoms with Gasteiger partial charge in [0.1, 0.15) is 5.75 Å². The molecule has 0 spiro atoms. The summed E-state index contributed by atoms with van der Waals surface area (Å²) in [5, 5.41) is 0. The van der Waals surface area contributed by atoms with Gasteiger partial charge in [0.15, 0.2) is 6.61 Å². The lowest BCUT2D eigenvalue weighted by Crippen LogP contribution is -2.23. The Morgan fingerprint density at radius 3 is 2.39 bits per heavy atom. The van der Waals surface area contributed by atoms with E-state index >= 15 is 0 Å². The average Bonchev–Trinajstić information content (AvgIpc) is 2.33. The van der Waals surface area contributed by atoms with Crippen LogP contribution in [0.1, 0.15) is 17.3 Å². The van der Waals surface area contributed by atoms with Crippen LogP contribution in [0.3, 0.4) is 0 Å². The number of ether oxygens (including phenoxy) is 1. The van der Waals surface area contributed by atoms with E-state index < -0.39 is 18.7 Å². The average molecular weight is 263 g/mol. The second-order valence-electron chi connectivity index (χ2n) is 3.29. The molecule has 0 aliphatic carbocycles. The Hall–Kier alpha value is -1.76. The van der Waals surface area contributed by atoms with Crippen LogP contribution in [-0.2, 0) is 4.84 Å².